The van der Waals surface area contributed by atoms with E-state index < -0.39 is 0 Å². The zero-order valence-electron chi connectivity index (χ0n) is 9.14. The minimum atomic E-state index is 0.507. The highest BCUT2D eigenvalue weighted by atomic mass is 16.7. The Balaban J connectivity index is 2.11. The van der Waals surface area contributed by atoms with Gasteiger partial charge >= 0.3 is 0 Å². The lowest BCUT2D eigenvalue weighted by molar-refractivity contribution is 0.101. The van der Waals surface area contributed by atoms with Gasteiger partial charge in [-0.05, 0) is 12.1 Å². The molecule has 4 nitrogen and oxygen atoms in total. The Bertz CT molecular complexity index is 454. The maximum absolute atomic E-state index is 5.27. The van der Waals surface area contributed by atoms with E-state index in [1.807, 2.05) is 30.3 Å². The van der Waals surface area contributed by atoms with Gasteiger partial charge in [0.25, 0.3) is 0 Å². The number of ether oxygens (including phenoxy) is 1. The molecule has 0 atom stereocenters. The molecule has 0 fully saturated rings. The van der Waals surface area contributed by atoms with E-state index in [9.17, 15) is 0 Å². The van der Waals surface area contributed by atoms with Gasteiger partial charge in [0.1, 0.15) is 0 Å². The summed E-state index contributed by atoms with van der Waals surface area (Å²) in [6.45, 7) is 1.07. The molecule has 0 saturated heterocycles. The lowest BCUT2D eigenvalue weighted by atomic mass is 10.2. The van der Waals surface area contributed by atoms with Gasteiger partial charge in [-0.1, -0.05) is 18.2 Å². The topological polar surface area (TPSA) is 43.4 Å². The fourth-order valence-electron chi connectivity index (χ4n) is 1.44. The molecule has 4 heteroatoms. The van der Waals surface area contributed by atoms with Crippen LogP contribution >= 0.6 is 0 Å². The molecule has 0 bridgehead atoms. The van der Waals surface area contributed by atoms with E-state index in [1.54, 1.807) is 13.3 Å². The Labute approximate surface area is 94.2 Å². The van der Waals surface area contributed by atoms with Crippen LogP contribution < -0.4 is 5.48 Å². The highest BCUT2D eigenvalue weighted by Crippen LogP contribution is 2.20. The van der Waals surface area contributed by atoms with Crippen molar-refractivity contribution in [3.8, 4) is 0 Å². The van der Waals surface area contributed by atoms with Gasteiger partial charge in [0.15, 0.2) is 0 Å². The Morgan fingerprint density at radius 3 is 2.94 bits per heavy atom. The molecule has 0 radical (unpaired) electrons. The molecule has 0 unspecified atom stereocenters. The SMILES string of the molecule is COCCONc1ccnc2ccccc12. The molecular weight excluding hydrogens is 204 g/mol. The number of para-hydroxylation sites is 1. The van der Waals surface area contributed by atoms with Crippen molar-refractivity contribution < 1.29 is 9.57 Å². The largest absolute Gasteiger partial charge is 0.382 e. The second kappa shape index (κ2) is 5.44. The number of methoxy groups -OCH3 is 1. The number of pyridine rings is 1. The Kier molecular flexibility index (Phi) is 3.69. The molecule has 0 aliphatic heterocycles. The van der Waals surface area contributed by atoms with Gasteiger partial charge in [0, 0.05) is 18.7 Å². The summed E-state index contributed by atoms with van der Waals surface area (Å²) in [6, 6.07) is 9.80. The highest BCUT2D eigenvalue weighted by Gasteiger charge is 1.99. The molecule has 84 valence electrons. The molecule has 0 aliphatic rings. The lowest BCUT2D eigenvalue weighted by Gasteiger charge is -2.08. The predicted octanol–water partition coefficient (Wildman–Crippen LogP) is 2.22. The smallest absolute Gasteiger partial charge is 0.0979 e. The molecule has 0 amide bonds. The first-order valence-electron chi connectivity index (χ1n) is 5.12. The number of aromatic nitrogens is 1. The van der Waals surface area contributed by atoms with Crippen LogP contribution in [0.2, 0.25) is 0 Å². The van der Waals surface area contributed by atoms with Gasteiger partial charge in [0.2, 0.25) is 0 Å². The van der Waals surface area contributed by atoms with Crippen molar-refractivity contribution in [2.24, 2.45) is 0 Å². The van der Waals surface area contributed by atoms with Crippen LogP contribution in [0.4, 0.5) is 5.69 Å². The van der Waals surface area contributed by atoms with Gasteiger partial charge in [-0.15, -0.1) is 0 Å². The van der Waals surface area contributed by atoms with Crippen LogP contribution in [0.5, 0.6) is 0 Å². The van der Waals surface area contributed by atoms with Gasteiger partial charge in [0.05, 0.1) is 24.4 Å². The van der Waals surface area contributed by atoms with Crippen LogP contribution in [0.1, 0.15) is 0 Å². The minimum Gasteiger partial charge on any atom is -0.382 e. The Morgan fingerprint density at radius 2 is 2.06 bits per heavy atom. The van der Waals surface area contributed by atoms with Gasteiger partial charge < -0.3 is 4.74 Å². The summed E-state index contributed by atoms with van der Waals surface area (Å²) in [5, 5.41) is 1.04. The summed E-state index contributed by atoms with van der Waals surface area (Å²) in [5.74, 6) is 0. The van der Waals surface area contributed by atoms with Crippen LogP contribution in [0.25, 0.3) is 10.9 Å². The monoisotopic (exact) mass is 218 g/mol. The maximum atomic E-state index is 5.27. The number of fused-ring (bicyclic) bond motifs is 1. The van der Waals surface area contributed by atoms with Crippen molar-refractivity contribution in [3.63, 3.8) is 0 Å². The fraction of sp³-hybridized carbons (Fsp3) is 0.250. The van der Waals surface area contributed by atoms with Crippen LogP contribution in [0.15, 0.2) is 36.5 Å². The van der Waals surface area contributed by atoms with Crippen molar-refractivity contribution >= 4 is 16.6 Å². The van der Waals surface area contributed by atoms with Crippen molar-refractivity contribution in [1.82, 2.24) is 4.98 Å². The van der Waals surface area contributed by atoms with Crippen LogP contribution in [-0.2, 0) is 9.57 Å². The van der Waals surface area contributed by atoms with Gasteiger partial charge in [-0.25, -0.2) is 0 Å². The molecule has 1 heterocycles. The van der Waals surface area contributed by atoms with Crippen molar-refractivity contribution in [2.45, 2.75) is 0 Å². The number of rotatable bonds is 5. The van der Waals surface area contributed by atoms with E-state index in [2.05, 4.69) is 10.5 Å². The molecule has 0 saturated carbocycles. The minimum absolute atomic E-state index is 0.507. The fourth-order valence-corrected chi connectivity index (χ4v) is 1.44. The third-order valence-electron chi connectivity index (χ3n) is 2.22. The van der Waals surface area contributed by atoms with E-state index in [4.69, 9.17) is 9.57 Å². The molecule has 16 heavy (non-hydrogen) atoms. The first-order valence-corrected chi connectivity index (χ1v) is 5.12. The number of nitrogens with one attached hydrogen (secondary N) is 1. The molecule has 1 N–H and O–H groups in total. The second-order valence-corrected chi connectivity index (χ2v) is 3.32. The molecule has 0 spiro atoms. The van der Waals surface area contributed by atoms with Crippen LogP contribution in [-0.4, -0.2) is 25.3 Å². The quantitative estimate of drug-likeness (QED) is 0.617. The van der Waals surface area contributed by atoms with Gasteiger partial charge in [-0.3, -0.25) is 15.3 Å². The summed E-state index contributed by atoms with van der Waals surface area (Å²) in [6.07, 6.45) is 1.75. The standard InChI is InChI=1S/C12H14N2O2/c1-15-8-9-16-14-12-6-7-13-11-5-3-2-4-10(11)12/h2-7H,8-9H2,1H3,(H,13,14). The third-order valence-corrected chi connectivity index (χ3v) is 2.22. The number of benzene rings is 1. The normalized spacial score (nSPS) is 10.6. The molecule has 0 aliphatic carbocycles. The first kappa shape index (κ1) is 10.9. The van der Waals surface area contributed by atoms with E-state index in [-0.39, 0.29) is 0 Å². The van der Waals surface area contributed by atoms with Crippen molar-refractivity contribution in [2.75, 3.05) is 25.8 Å². The highest BCUT2D eigenvalue weighted by molar-refractivity contribution is 5.90. The number of hydrogen-bond acceptors (Lipinski definition) is 4. The van der Waals surface area contributed by atoms with Crippen molar-refractivity contribution in [3.05, 3.63) is 36.5 Å². The molecule has 2 rings (SSSR count). The van der Waals surface area contributed by atoms with Gasteiger partial charge in [-0.2, -0.15) is 0 Å². The Morgan fingerprint density at radius 1 is 1.19 bits per heavy atom. The number of nitrogens with zero attached hydrogens (tertiary/aromatic N) is 1. The lowest BCUT2D eigenvalue weighted by Crippen LogP contribution is -2.07. The van der Waals surface area contributed by atoms with E-state index in [1.165, 1.54) is 0 Å². The zero-order valence-corrected chi connectivity index (χ0v) is 9.14. The molecular formula is C12H14N2O2. The summed E-state index contributed by atoms with van der Waals surface area (Å²) in [5.41, 5.74) is 4.77. The number of anilines is 1. The van der Waals surface area contributed by atoms with Crippen LogP contribution in [0, 0.1) is 0 Å². The van der Waals surface area contributed by atoms with E-state index in [0.717, 1.165) is 16.6 Å². The third kappa shape index (κ3) is 2.48. The Hall–Kier alpha value is -1.65. The van der Waals surface area contributed by atoms with Crippen molar-refractivity contribution in [1.29, 1.82) is 0 Å². The average molecular weight is 218 g/mol. The molecule has 2 aromatic rings. The first-order chi connectivity index (χ1) is 7.92. The number of hydrogen-bond donors (Lipinski definition) is 1. The summed E-state index contributed by atoms with van der Waals surface area (Å²) in [7, 11) is 1.64. The average Bonchev–Trinajstić information content (AvgIpc) is 2.35. The summed E-state index contributed by atoms with van der Waals surface area (Å²) >= 11 is 0. The van der Waals surface area contributed by atoms with Crippen LogP contribution in [0.3, 0.4) is 0 Å². The zero-order chi connectivity index (χ0) is 11.2. The summed E-state index contributed by atoms with van der Waals surface area (Å²) in [4.78, 5) is 9.53. The van der Waals surface area contributed by atoms with E-state index >= 15 is 0 Å². The summed E-state index contributed by atoms with van der Waals surface area (Å²) < 4.78 is 4.89. The maximum Gasteiger partial charge on any atom is 0.0979 e. The second-order valence-electron chi connectivity index (χ2n) is 3.32. The van der Waals surface area contributed by atoms with E-state index in [0.29, 0.717) is 13.2 Å². The predicted molar refractivity (Wildman–Crippen MR) is 63.2 cm³/mol. The molecule has 1 aromatic carbocycles. The molecule has 1 aromatic heterocycles.